The molecule has 7 heteroatoms. The standard InChI is InChI=1S/C26H23FN2O3S/c1-3-25(21-15-13-19(2)14-16-21)33(30,31)29-17-23(22-11-7-8-12-24(22)27)26(28-29)32-18-20-9-5-4-6-10-20/h3-17,25H,1,18H2,2H3. The van der Waals surface area contributed by atoms with Gasteiger partial charge in [-0.15, -0.1) is 11.7 Å². The first-order valence-corrected chi connectivity index (χ1v) is 11.9. The number of halogens is 1. The molecule has 0 aliphatic heterocycles. The maximum Gasteiger partial charge on any atom is 0.264 e. The second-order valence-corrected chi connectivity index (χ2v) is 9.50. The molecule has 0 saturated carbocycles. The molecule has 1 unspecified atom stereocenters. The molecule has 0 aliphatic carbocycles. The van der Waals surface area contributed by atoms with Crippen LogP contribution in [0.2, 0.25) is 0 Å². The van der Waals surface area contributed by atoms with Crippen LogP contribution in [0.3, 0.4) is 0 Å². The highest BCUT2D eigenvalue weighted by molar-refractivity contribution is 7.90. The Kier molecular flexibility index (Phi) is 6.42. The van der Waals surface area contributed by atoms with E-state index < -0.39 is 21.1 Å². The summed E-state index contributed by atoms with van der Waals surface area (Å²) in [6.45, 7) is 5.79. The van der Waals surface area contributed by atoms with Crippen LogP contribution in [0.15, 0.2) is 97.7 Å². The predicted octanol–water partition coefficient (Wildman–Crippen LogP) is 5.68. The quantitative estimate of drug-likeness (QED) is 0.316. The lowest BCUT2D eigenvalue weighted by atomic mass is 10.1. The van der Waals surface area contributed by atoms with Crippen LogP contribution in [0.5, 0.6) is 5.88 Å². The molecule has 4 rings (SSSR count). The minimum Gasteiger partial charge on any atom is -0.471 e. The molecule has 33 heavy (non-hydrogen) atoms. The Morgan fingerprint density at radius 1 is 1.00 bits per heavy atom. The van der Waals surface area contributed by atoms with Crippen molar-refractivity contribution in [2.45, 2.75) is 18.8 Å². The lowest BCUT2D eigenvalue weighted by Crippen LogP contribution is -2.20. The molecule has 0 N–H and O–H groups in total. The Labute approximate surface area is 192 Å². The molecule has 0 bridgehead atoms. The molecule has 0 aliphatic rings. The molecule has 1 heterocycles. The van der Waals surface area contributed by atoms with Crippen molar-refractivity contribution in [1.82, 2.24) is 9.19 Å². The fourth-order valence-electron chi connectivity index (χ4n) is 3.47. The van der Waals surface area contributed by atoms with Gasteiger partial charge in [-0.1, -0.05) is 84.4 Å². The number of benzene rings is 3. The highest BCUT2D eigenvalue weighted by Gasteiger charge is 2.29. The Bertz CT molecular complexity index is 1360. The van der Waals surface area contributed by atoms with E-state index in [-0.39, 0.29) is 23.6 Å². The van der Waals surface area contributed by atoms with E-state index in [1.165, 1.54) is 18.3 Å². The first kappa shape index (κ1) is 22.5. The minimum absolute atomic E-state index is 0.0271. The molecular formula is C26H23FN2O3S. The molecule has 0 fully saturated rings. The van der Waals surface area contributed by atoms with Crippen molar-refractivity contribution in [2.75, 3.05) is 0 Å². The average molecular weight is 463 g/mol. The summed E-state index contributed by atoms with van der Waals surface area (Å²) in [5, 5.41) is 3.18. The van der Waals surface area contributed by atoms with Gasteiger partial charge in [-0.25, -0.2) is 12.8 Å². The van der Waals surface area contributed by atoms with Gasteiger partial charge in [0.15, 0.2) is 0 Å². The number of hydrogen-bond acceptors (Lipinski definition) is 4. The average Bonchev–Trinajstić information content (AvgIpc) is 3.25. The number of hydrogen-bond donors (Lipinski definition) is 0. The molecule has 0 radical (unpaired) electrons. The van der Waals surface area contributed by atoms with Crippen molar-refractivity contribution in [3.63, 3.8) is 0 Å². The summed E-state index contributed by atoms with van der Waals surface area (Å²) in [5.74, 6) is -0.475. The number of aryl methyl sites for hydroxylation is 1. The first-order chi connectivity index (χ1) is 15.9. The van der Waals surface area contributed by atoms with Gasteiger partial charge in [0.05, 0.1) is 11.8 Å². The summed E-state index contributed by atoms with van der Waals surface area (Å²) >= 11 is 0. The lowest BCUT2D eigenvalue weighted by molar-refractivity contribution is 0.293. The van der Waals surface area contributed by atoms with Crippen LogP contribution in [0.25, 0.3) is 11.1 Å². The van der Waals surface area contributed by atoms with Gasteiger partial charge >= 0.3 is 0 Å². The highest BCUT2D eigenvalue weighted by Crippen LogP contribution is 2.34. The minimum atomic E-state index is -4.04. The third kappa shape index (κ3) is 4.73. The van der Waals surface area contributed by atoms with E-state index in [1.807, 2.05) is 49.4 Å². The fourth-order valence-corrected chi connectivity index (χ4v) is 4.88. The molecular weight excluding hydrogens is 439 g/mol. The van der Waals surface area contributed by atoms with E-state index in [9.17, 15) is 12.8 Å². The smallest absolute Gasteiger partial charge is 0.264 e. The molecule has 5 nitrogen and oxygen atoms in total. The van der Waals surface area contributed by atoms with Crippen LogP contribution in [-0.4, -0.2) is 17.6 Å². The zero-order valence-electron chi connectivity index (χ0n) is 18.1. The fraction of sp³-hybridized carbons (Fsp3) is 0.115. The molecule has 3 aromatic carbocycles. The third-order valence-corrected chi connectivity index (χ3v) is 7.06. The summed E-state index contributed by atoms with van der Waals surface area (Å²) in [6.07, 6.45) is 2.65. The van der Waals surface area contributed by atoms with E-state index in [2.05, 4.69) is 11.7 Å². The summed E-state index contributed by atoms with van der Waals surface area (Å²) in [4.78, 5) is 0. The number of nitrogens with zero attached hydrogens (tertiary/aromatic N) is 2. The van der Waals surface area contributed by atoms with Gasteiger partial charge in [-0.2, -0.15) is 4.09 Å². The van der Waals surface area contributed by atoms with E-state index in [0.29, 0.717) is 5.56 Å². The molecule has 4 aromatic rings. The van der Waals surface area contributed by atoms with Crippen LogP contribution < -0.4 is 4.74 Å². The van der Waals surface area contributed by atoms with Crippen molar-refractivity contribution >= 4 is 10.0 Å². The van der Waals surface area contributed by atoms with Gasteiger partial charge < -0.3 is 4.74 Å². The summed E-state index contributed by atoms with van der Waals surface area (Å²) < 4.78 is 48.3. The van der Waals surface area contributed by atoms with Crippen molar-refractivity contribution in [3.05, 3.63) is 120 Å². The molecule has 0 amide bonds. The van der Waals surface area contributed by atoms with Crippen molar-refractivity contribution in [3.8, 4) is 17.0 Å². The van der Waals surface area contributed by atoms with Gasteiger partial charge in [0, 0.05) is 5.56 Å². The number of rotatable bonds is 8. The van der Waals surface area contributed by atoms with E-state index in [4.69, 9.17) is 4.74 Å². The van der Waals surface area contributed by atoms with Crippen LogP contribution in [0, 0.1) is 12.7 Å². The Balaban J connectivity index is 1.77. The zero-order chi connectivity index (χ0) is 23.4. The van der Waals surface area contributed by atoms with Crippen molar-refractivity contribution in [1.29, 1.82) is 0 Å². The monoisotopic (exact) mass is 462 g/mol. The SMILES string of the molecule is C=CC(c1ccc(C)cc1)S(=O)(=O)n1cc(-c2ccccc2F)c(OCc2ccccc2)n1. The number of ether oxygens (including phenoxy) is 1. The second kappa shape index (κ2) is 9.42. The molecule has 0 saturated heterocycles. The third-order valence-electron chi connectivity index (χ3n) is 5.24. The van der Waals surface area contributed by atoms with Crippen molar-refractivity contribution in [2.24, 2.45) is 0 Å². The normalized spacial score (nSPS) is 12.3. The van der Waals surface area contributed by atoms with Crippen LogP contribution in [0.1, 0.15) is 21.9 Å². The van der Waals surface area contributed by atoms with Gasteiger partial charge in [0.25, 0.3) is 10.0 Å². The maximum atomic E-state index is 14.6. The summed E-state index contributed by atoms with van der Waals surface area (Å²) in [6, 6.07) is 22.6. The second-order valence-electron chi connectivity index (χ2n) is 7.59. The van der Waals surface area contributed by atoms with Crippen molar-refractivity contribution < 1.29 is 17.5 Å². The van der Waals surface area contributed by atoms with Gasteiger partial charge in [-0.3, -0.25) is 0 Å². The summed E-state index contributed by atoms with van der Waals surface area (Å²) in [5.41, 5.74) is 2.90. The Morgan fingerprint density at radius 2 is 1.67 bits per heavy atom. The van der Waals surface area contributed by atoms with Crippen LogP contribution in [0.4, 0.5) is 4.39 Å². The van der Waals surface area contributed by atoms with E-state index >= 15 is 0 Å². The summed E-state index contributed by atoms with van der Waals surface area (Å²) in [7, 11) is -4.04. The molecule has 168 valence electrons. The van der Waals surface area contributed by atoms with Crippen LogP contribution >= 0.6 is 0 Å². The van der Waals surface area contributed by atoms with Gasteiger partial charge in [0.2, 0.25) is 5.88 Å². The molecule has 1 atom stereocenters. The predicted molar refractivity (Wildman–Crippen MR) is 127 cm³/mol. The molecule has 1 aromatic heterocycles. The first-order valence-electron chi connectivity index (χ1n) is 10.3. The maximum absolute atomic E-state index is 14.6. The number of aromatic nitrogens is 2. The molecule has 0 spiro atoms. The topological polar surface area (TPSA) is 61.2 Å². The van der Waals surface area contributed by atoms with E-state index in [0.717, 1.165) is 15.2 Å². The highest BCUT2D eigenvalue weighted by atomic mass is 32.2. The largest absolute Gasteiger partial charge is 0.471 e. The van der Waals surface area contributed by atoms with Crippen LogP contribution in [-0.2, 0) is 16.6 Å². The zero-order valence-corrected chi connectivity index (χ0v) is 18.9. The van der Waals surface area contributed by atoms with Gasteiger partial charge in [-0.05, 0) is 24.1 Å². The lowest BCUT2D eigenvalue weighted by Gasteiger charge is -2.14. The Hall–Kier alpha value is -3.71. The van der Waals surface area contributed by atoms with E-state index in [1.54, 1.807) is 30.3 Å². The Morgan fingerprint density at radius 3 is 2.33 bits per heavy atom. The van der Waals surface area contributed by atoms with Gasteiger partial charge in [0.1, 0.15) is 17.7 Å².